The predicted molar refractivity (Wildman–Crippen MR) is 64.6 cm³/mol. The van der Waals surface area contributed by atoms with Crippen LogP contribution in [-0.2, 0) is 0 Å². The standard InChI is InChI=1S/C12H12ClNO2/c1-8(2)9(3)14-12(15)16-11-6-4-10(13)5-7-11/h4-7H,1,3H2,2H3,(H,14,15). The molecule has 4 heteroatoms. The molecule has 0 fully saturated rings. The van der Waals surface area contributed by atoms with Crippen molar-refractivity contribution >= 4 is 17.7 Å². The largest absolute Gasteiger partial charge is 0.417 e. The fourth-order valence-corrected chi connectivity index (χ4v) is 0.991. The maximum Gasteiger partial charge on any atom is 0.417 e. The van der Waals surface area contributed by atoms with Crippen LogP contribution in [-0.4, -0.2) is 6.09 Å². The molecule has 0 aliphatic heterocycles. The van der Waals surface area contributed by atoms with Crippen molar-refractivity contribution in [1.82, 2.24) is 5.32 Å². The molecule has 0 radical (unpaired) electrons. The van der Waals surface area contributed by atoms with E-state index in [9.17, 15) is 4.79 Å². The first kappa shape index (κ1) is 12.3. The number of halogens is 1. The highest BCUT2D eigenvalue weighted by Gasteiger charge is 2.05. The molecule has 0 saturated heterocycles. The molecule has 0 unspecified atom stereocenters. The van der Waals surface area contributed by atoms with Gasteiger partial charge in [0.15, 0.2) is 0 Å². The fraction of sp³-hybridized carbons (Fsp3) is 0.0833. The van der Waals surface area contributed by atoms with Crippen LogP contribution in [0.2, 0.25) is 5.02 Å². The summed E-state index contributed by atoms with van der Waals surface area (Å²) in [5, 5.41) is 3.04. The van der Waals surface area contributed by atoms with Gasteiger partial charge in [-0.3, -0.25) is 5.32 Å². The Balaban J connectivity index is 2.55. The van der Waals surface area contributed by atoms with Crippen molar-refractivity contribution in [2.75, 3.05) is 0 Å². The van der Waals surface area contributed by atoms with E-state index in [1.165, 1.54) is 0 Å². The lowest BCUT2D eigenvalue weighted by Gasteiger charge is -2.08. The average molecular weight is 238 g/mol. The molecule has 0 saturated carbocycles. The van der Waals surface area contributed by atoms with Crippen molar-refractivity contribution < 1.29 is 9.53 Å². The maximum atomic E-state index is 11.3. The molecule has 3 nitrogen and oxygen atoms in total. The van der Waals surface area contributed by atoms with Gasteiger partial charge in [0.05, 0.1) is 0 Å². The minimum Gasteiger partial charge on any atom is -0.410 e. The number of allylic oxidation sites excluding steroid dienone is 1. The van der Waals surface area contributed by atoms with Crippen LogP contribution < -0.4 is 10.1 Å². The minimum absolute atomic E-state index is 0.413. The Morgan fingerprint density at radius 2 is 1.88 bits per heavy atom. The Bertz CT molecular complexity index is 423. The smallest absolute Gasteiger partial charge is 0.410 e. The Morgan fingerprint density at radius 3 is 2.38 bits per heavy atom. The van der Waals surface area contributed by atoms with Crippen LogP contribution in [0, 0.1) is 0 Å². The van der Waals surface area contributed by atoms with Crippen LogP contribution in [0.5, 0.6) is 5.75 Å². The molecule has 0 heterocycles. The SMILES string of the molecule is C=C(C)C(=C)NC(=O)Oc1ccc(Cl)cc1. The molecule has 1 aromatic rings. The Labute approximate surface area is 99.4 Å². The topological polar surface area (TPSA) is 38.3 Å². The lowest BCUT2D eigenvalue weighted by molar-refractivity contribution is 0.203. The molecular weight excluding hydrogens is 226 g/mol. The highest BCUT2D eigenvalue weighted by atomic mass is 35.5. The van der Waals surface area contributed by atoms with Gasteiger partial charge in [-0.25, -0.2) is 4.79 Å². The van der Waals surface area contributed by atoms with E-state index in [-0.39, 0.29) is 0 Å². The first-order valence-corrected chi connectivity index (χ1v) is 4.96. The zero-order valence-electron chi connectivity index (χ0n) is 8.92. The van der Waals surface area contributed by atoms with Gasteiger partial charge in [0, 0.05) is 10.7 Å². The molecule has 84 valence electrons. The first-order valence-electron chi connectivity index (χ1n) is 4.58. The number of ether oxygens (including phenoxy) is 1. The van der Waals surface area contributed by atoms with E-state index in [0.717, 1.165) is 0 Å². The molecular formula is C12H12ClNO2. The predicted octanol–water partition coefficient (Wildman–Crippen LogP) is 3.52. The second-order valence-corrected chi connectivity index (χ2v) is 3.66. The van der Waals surface area contributed by atoms with E-state index >= 15 is 0 Å². The fourth-order valence-electron chi connectivity index (χ4n) is 0.865. The molecule has 1 N–H and O–H groups in total. The summed E-state index contributed by atoms with van der Waals surface area (Å²) in [5.41, 5.74) is 1.10. The van der Waals surface area contributed by atoms with Crippen LogP contribution in [0.4, 0.5) is 4.79 Å². The molecule has 0 aliphatic rings. The van der Waals surface area contributed by atoms with Crippen LogP contribution in [0.15, 0.2) is 48.7 Å². The van der Waals surface area contributed by atoms with Gasteiger partial charge in [-0.15, -0.1) is 0 Å². The monoisotopic (exact) mass is 237 g/mol. The number of carbonyl (C=O) groups excluding carboxylic acids is 1. The molecule has 1 rings (SSSR count). The molecule has 16 heavy (non-hydrogen) atoms. The number of nitrogens with one attached hydrogen (secondary N) is 1. The number of hydrogen-bond donors (Lipinski definition) is 1. The number of amides is 1. The molecule has 0 atom stereocenters. The van der Waals surface area contributed by atoms with Crippen LogP contribution in [0.1, 0.15) is 6.92 Å². The molecule has 0 bridgehead atoms. The van der Waals surface area contributed by atoms with E-state index in [2.05, 4.69) is 18.5 Å². The highest BCUT2D eigenvalue weighted by molar-refractivity contribution is 6.30. The van der Waals surface area contributed by atoms with Gasteiger partial charge in [-0.05, 0) is 36.8 Å². The van der Waals surface area contributed by atoms with E-state index in [1.807, 2.05) is 0 Å². The van der Waals surface area contributed by atoms with Crippen molar-refractivity contribution in [3.63, 3.8) is 0 Å². The number of rotatable bonds is 3. The highest BCUT2D eigenvalue weighted by Crippen LogP contribution is 2.15. The Kier molecular flexibility index (Phi) is 4.14. The van der Waals surface area contributed by atoms with Gasteiger partial charge in [0.1, 0.15) is 5.75 Å². The summed E-state index contributed by atoms with van der Waals surface area (Å²) < 4.78 is 4.98. The number of carbonyl (C=O) groups is 1. The molecule has 1 aromatic carbocycles. The lowest BCUT2D eigenvalue weighted by Crippen LogP contribution is -2.25. The van der Waals surface area contributed by atoms with E-state index in [4.69, 9.17) is 16.3 Å². The quantitative estimate of drug-likeness (QED) is 0.817. The molecule has 0 aliphatic carbocycles. The van der Waals surface area contributed by atoms with Gasteiger partial charge in [0.25, 0.3) is 0 Å². The van der Waals surface area contributed by atoms with Gasteiger partial charge >= 0.3 is 6.09 Å². The van der Waals surface area contributed by atoms with Gasteiger partial charge in [-0.2, -0.15) is 0 Å². The molecule has 1 amide bonds. The third-order valence-electron chi connectivity index (χ3n) is 1.79. The zero-order valence-corrected chi connectivity index (χ0v) is 9.67. The van der Waals surface area contributed by atoms with Crippen molar-refractivity contribution in [3.05, 3.63) is 53.7 Å². The summed E-state index contributed by atoms with van der Waals surface area (Å²) in [5.74, 6) is 0.413. The Hall–Kier alpha value is -1.74. The van der Waals surface area contributed by atoms with Gasteiger partial charge < -0.3 is 4.74 Å². The van der Waals surface area contributed by atoms with Crippen molar-refractivity contribution in [3.8, 4) is 5.75 Å². The summed E-state index contributed by atoms with van der Waals surface area (Å²) in [4.78, 5) is 11.3. The van der Waals surface area contributed by atoms with Crippen molar-refractivity contribution in [2.45, 2.75) is 6.92 Å². The first-order chi connectivity index (χ1) is 7.49. The Morgan fingerprint density at radius 1 is 1.31 bits per heavy atom. The third-order valence-corrected chi connectivity index (χ3v) is 2.04. The second kappa shape index (κ2) is 5.37. The normalized spacial score (nSPS) is 9.38. The van der Waals surface area contributed by atoms with Crippen LogP contribution in [0.3, 0.4) is 0 Å². The summed E-state index contributed by atoms with van der Waals surface area (Å²) in [6, 6.07) is 6.48. The summed E-state index contributed by atoms with van der Waals surface area (Å²) in [6.45, 7) is 9.00. The van der Waals surface area contributed by atoms with E-state index in [0.29, 0.717) is 22.0 Å². The van der Waals surface area contributed by atoms with Gasteiger partial charge in [0.2, 0.25) is 0 Å². The van der Waals surface area contributed by atoms with Gasteiger partial charge in [-0.1, -0.05) is 24.8 Å². The maximum absolute atomic E-state index is 11.3. The van der Waals surface area contributed by atoms with Crippen LogP contribution >= 0.6 is 11.6 Å². The zero-order chi connectivity index (χ0) is 12.1. The second-order valence-electron chi connectivity index (χ2n) is 3.23. The number of hydrogen-bond acceptors (Lipinski definition) is 2. The minimum atomic E-state index is -0.602. The van der Waals surface area contributed by atoms with E-state index in [1.54, 1.807) is 31.2 Å². The van der Waals surface area contributed by atoms with Crippen molar-refractivity contribution in [2.24, 2.45) is 0 Å². The van der Waals surface area contributed by atoms with Crippen molar-refractivity contribution in [1.29, 1.82) is 0 Å². The summed E-state index contributed by atoms with van der Waals surface area (Å²) >= 11 is 5.69. The van der Waals surface area contributed by atoms with Crippen LogP contribution in [0.25, 0.3) is 0 Å². The molecule has 0 spiro atoms. The number of benzene rings is 1. The summed E-state index contributed by atoms with van der Waals surface area (Å²) in [7, 11) is 0. The third kappa shape index (κ3) is 3.79. The molecule has 0 aromatic heterocycles. The summed E-state index contributed by atoms with van der Waals surface area (Å²) in [6.07, 6.45) is -0.602. The lowest BCUT2D eigenvalue weighted by atomic mass is 10.3. The van der Waals surface area contributed by atoms with E-state index < -0.39 is 6.09 Å². The average Bonchev–Trinajstić information content (AvgIpc) is 2.21.